The first-order valence-electron chi connectivity index (χ1n) is 5.47. The van der Waals surface area contributed by atoms with Crippen LogP contribution in [0.25, 0.3) is 0 Å². The van der Waals surface area contributed by atoms with Crippen LogP contribution >= 0.6 is 0 Å². The van der Waals surface area contributed by atoms with Crippen LogP contribution in [-0.4, -0.2) is 21.0 Å². The van der Waals surface area contributed by atoms with Crippen molar-refractivity contribution in [1.82, 2.24) is 9.97 Å². The van der Waals surface area contributed by atoms with Gasteiger partial charge in [0.1, 0.15) is 0 Å². The number of aromatic carboxylic acids is 1. The van der Waals surface area contributed by atoms with Gasteiger partial charge in [-0.25, -0.2) is 14.8 Å². The predicted molar refractivity (Wildman–Crippen MR) is 67.4 cm³/mol. The van der Waals surface area contributed by atoms with Crippen molar-refractivity contribution in [2.45, 2.75) is 13.3 Å². The number of carbonyl (C=O) groups is 1. The lowest BCUT2D eigenvalue weighted by Crippen LogP contribution is -2.02. The van der Waals surface area contributed by atoms with Crippen LogP contribution in [0, 0.1) is 6.92 Å². The van der Waals surface area contributed by atoms with E-state index in [1.54, 1.807) is 18.2 Å². The molecule has 2 aromatic rings. The molecule has 3 N–H and O–H groups in total. The van der Waals surface area contributed by atoms with Gasteiger partial charge in [0, 0.05) is 12.1 Å². The average Bonchev–Trinajstić information content (AvgIpc) is 2.27. The Bertz CT molecular complexity index is 576. The second-order valence-electron chi connectivity index (χ2n) is 4.04. The topological polar surface area (TPSA) is 89.1 Å². The minimum Gasteiger partial charge on any atom is -0.478 e. The molecule has 1 aromatic heterocycles. The third kappa shape index (κ3) is 2.82. The van der Waals surface area contributed by atoms with Crippen LogP contribution in [0.3, 0.4) is 0 Å². The number of benzene rings is 1. The smallest absolute Gasteiger partial charge is 0.335 e. The predicted octanol–water partition coefficient (Wildman–Crippen LogP) is 1.66. The van der Waals surface area contributed by atoms with Crippen molar-refractivity contribution in [2.24, 2.45) is 0 Å². The number of hydrogen-bond acceptors (Lipinski definition) is 4. The first-order chi connectivity index (χ1) is 8.54. The number of rotatable bonds is 3. The van der Waals surface area contributed by atoms with E-state index in [0.29, 0.717) is 6.42 Å². The molecule has 18 heavy (non-hydrogen) atoms. The fourth-order valence-corrected chi connectivity index (χ4v) is 1.77. The zero-order valence-corrected chi connectivity index (χ0v) is 9.92. The molecule has 0 atom stereocenters. The number of anilines is 1. The standard InChI is InChI=1S/C13H13N3O2/c1-8-5-11(16-13(14)15-8)7-9-3-2-4-10(6-9)12(17)18/h2-6H,7H2,1H3,(H,17,18)(H2,14,15,16). The molecule has 0 amide bonds. The molecule has 0 aliphatic carbocycles. The summed E-state index contributed by atoms with van der Waals surface area (Å²) < 4.78 is 0. The van der Waals surface area contributed by atoms with E-state index in [1.165, 1.54) is 0 Å². The van der Waals surface area contributed by atoms with Crippen LogP contribution in [0.15, 0.2) is 30.3 Å². The molecule has 0 bridgehead atoms. The Kier molecular flexibility index (Phi) is 3.23. The van der Waals surface area contributed by atoms with Gasteiger partial charge in [0.15, 0.2) is 0 Å². The summed E-state index contributed by atoms with van der Waals surface area (Å²) in [5.41, 5.74) is 8.30. The van der Waals surface area contributed by atoms with Crippen molar-refractivity contribution in [2.75, 3.05) is 5.73 Å². The molecule has 5 nitrogen and oxygen atoms in total. The van der Waals surface area contributed by atoms with E-state index >= 15 is 0 Å². The van der Waals surface area contributed by atoms with Crippen molar-refractivity contribution in [1.29, 1.82) is 0 Å². The molecule has 0 saturated heterocycles. The third-order valence-electron chi connectivity index (χ3n) is 2.48. The largest absolute Gasteiger partial charge is 0.478 e. The third-order valence-corrected chi connectivity index (χ3v) is 2.48. The van der Waals surface area contributed by atoms with E-state index in [0.717, 1.165) is 17.0 Å². The number of nitrogens with zero attached hydrogens (tertiary/aromatic N) is 2. The first-order valence-corrected chi connectivity index (χ1v) is 5.47. The van der Waals surface area contributed by atoms with Gasteiger partial charge in [-0.15, -0.1) is 0 Å². The monoisotopic (exact) mass is 243 g/mol. The van der Waals surface area contributed by atoms with E-state index in [2.05, 4.69) is 9.97 Å². The molecule has 0 saturated carbocycles. The molecule has 0 aliphatic heterocycles. The molecule has 0 aliphatic rings. The van der Waals surface area contributed by atoms with Crippen LogP contribution < -0.4 is 5.73 Å². The van der Waals surface area contributed by atoms with Crippen molar-refractivity contribution in [3.8, 4) is 0 Å². The number of nitrogen functional groups attached to an aromatic ring is 1. The van der Waals surface area contributed by atoms with Crippen molar-refractivity contribution < 1.29 is 9.90 Å². The number of carboxylic acid groups (broad SMARTS) is 1. The van der Waals surface area contributed by atoms with E-state index in [4.69, 9.17) is 10.8 Å². The Hall–Kier alpha value is -2.43. The van der Waals surface area contributed by atoms with Crippen molar-refractivity contribution >= 4 is 11.9 Å². The lowest BCUT2D eigenvalue weighted by Gasteiger charge is -2.04. The fourth-order valence-electron chi connectivity index (χ4n) is 1.77. The highest BCUT2D eigenvalue weighted by atomic mass is 16.4. The summed E-state index contributed by atoms with van der Waals surface area (Å²) in [7, 11) is 0. The maximum absolute atomic E-state index is 10.9. The second kappa shape index (κ2) is 4.83. The molecule has 0 fully saturated rings. The minimum absolute atomic E-state index is 0.236. The highest BCUT2D eigenvalue weighted by molar-refractivity contribution is 5.87. The average molecular weight is 243 g/mol. The van der Waals surface area contributed by atoms with E-state index in [1.807, 2.05) is 19.1 Å². The summed E-state index contributed by atoms with van der Waals surface area (Å²) in [6, 6.07) is 8.61. The summed E-state index contributed by atoms with van der Waals surface area (Å²) in [5.74, 6) is -0.699. The highest BCUT2D eigenvalue weighted by Gasteiger charge is 2.05. The fraction of sp³-hybridized carbons (Fsp3) is 0.154. The molecule has 1 aromatic carbocycles. The van der Waals surface area contributed by atoms with Crippen molar-refractivity contribution in [3.05, 3.63) is 52.8 Å². The van der Waals surface area contributed by atoms with E-state index < -0.39 is 5.97 Å². The van der Waals surface area contributed by atoms with Gasteiger partial charge in [-0.05, 0) is 30.7 Å². The first kappa shape index (κ1) is 12.0. The summed E-state index contributed by atoms with van der Waals surface area (Å²) in [6.45, 7) is 1.84. The number of carboxylic acids is 1. The molecule has 0 spiro atoms. The Balaban J connectivity index is 2.28. The van der Waals surface area contributed by atoms with Crippen LogP contribution in [0.4, 0.5) is 5.95 Å². The Morgan fingerprint density at radius 1 is 1.33 bits per heavy atom. The lowest BCUT2D eigenvalue weighted by molar-refractivity contribution is 0.0697. The maximum atomic E-state index is 10.9. The molecule has 5 heteroatoms. The molecular formula is C13H13N3O2. The molecule has 1 heterocycles. The van der Waals surface area contributed by atoms with Gasteiger partial charge in [-0.2, -0.15) is 0 Å². The second-order valence-corrected chi connectivity index (χ2v) is 4.04. The zero-order chi connectivity index (χ0) is 13.1. The van der Waals surface area contributed by atoms with E-state index in [9.17, 15) is 4.79 Å². The number of aromatic nitrogens is 2. The summed E-state index contributed by atoms with van der Waals surface area (Å²) >= 11 is 0. The van der Waals surface area contributed by atoms with Gasteiger partial charge in [0.25, 0.3) is 0 Å². The minimum atomic E-state index is -0.935. The van der Waals surface area contributed by atoms with Gasteiger partial charge in [-0.1, -0.05) is 12.1 Å². The quantitative estimate of drug-likeness (QED) is 0.855. The van der Waals surface area contributed by atoms with Crippen molar-refractivity contribution in [3.63, 3.8) is 0 Å². The van der Waals surface area contributed by atoms with E-state index in [-0.39, 0.29) is 11.5 Å². The maximum Gasteiger partial charge on any atom is 0.335 e. The SMILES string of the molecule is Cc1cc(Cc2cccc(C(=O)O)c2)nc(N)n1. The van der Waals surface area contributed by atoms with Crippen LogP contribution in [0.2, 0.25) is 0 Å². The van der Waals surface area contributed by atoms with Crippen LogP contribution in [0.1, 0.15) is 27.3 Å². The van der Waals surface area contributed by atoms with Gasteiger partial charge in [-0.3, -0.25) is 0 Å². The van der Waals surface area contributed by atoms with Crippen LogP contribution in [0.5, 0.6) is 0 Å². The molecular weight excluding hydrogens is 230 g/mol. The molecule has 2 rings (SSSR count). The Labute approximate surface area is 104 Å². The molecule has 0 radical (unpaired) electrons. The summed E-state index contributed by atoms with van der Waals surface area (Å²) in [4.78, 5) is 19.0. The number of hydrogen-bond donors (Lipinski definition) is 2. The number of nitrogens with two attached hydrogens (primary N) is 1. The normalized spacial score (nSPS) is 10.3. The van der Waals surface area contributed by atoms with Gasteiger partial charge >= 0.3 is 5.97 Å². The van der Waals surface area contributed by atoms with Crippen LogP contribution in [-0.2, 0) is 6.42 Å². The van der Waals surface area contributed by atoms with Gasteiger partial charge in [0.2, 0.25) is 5.95 Å². The Morgan fingerprint density at radius 3 is 2.78 bits per heavy atom. The summed E-state index contributed by atoms with van der Waals surface area (Å²) in [6.07, 6.45) is 0.536. The lowest BCUT2D eigenvalue weighted by atomic mass is 10.1. The van der Waals surface area contributed by atoms with Gasteiger partial charge in [0.05, 0.1) is 11.3 Å². The molecule has 0 unspecified atom stereocenters. The Morgan fingerprint density at radius 2 is 2.11 bits per heavy atom. The highest BCUT2D eigenvalue weighted by Crippen LogP contribution is 2.11. The summed E-state index contributed by atoms with van der Waals surface area (Å²) in [5, 5.41) is 8.92. The number of aryl methyl sites for hydroxylation is 1. The zero-order valence-electron chi connectivity index (χ0n) is 9.92. The van der Waals surface area contributed by atoms with Gasteiger partial charge < -0.3 is 10.8 Å². The molecule has 92 valence electrons.